The largest absolute Gasteiger partial charge is 0.514 e. The normalized spacial score (nSPS) is 26.7. The van der Waals surface area contributed by atoms with Crippen molar-refractivity contribution in [2.45, 2.75) is 58.7 Å². The second-order valence-electron chi connectivity index (χ2n) is 7.47. The van der Waals surface area contributed by atoms with Crippen LogP contribution in [0, 0.1) is 5.92 Å². The summed E-state index contributed by atoms with van der Waals surface area (Å²) in [4.78, 5) is 6.33. The highest BCUT2D eigenvalue weighted by Crippen LogP contribution is 2.36. The number of nitrogens with zero attached hydrogens (tertiary/aromatic N) is 2. The van der Waals surface area contributed by atoms with E-state index in [1.54, 1.807) is 0 Å². The van der Waals surface area contributed by atoms with Crippen molar-refractivity contribution in [1.82, 2.24) is 4.98 Å². The molecule has 1 aromatic heterocycles. The van der Waals surface area contributed by atoms with Gasteiger partial charge in [-0.2, -0.15) is 0 Å². The van der Waals surface area contributed by atoms with Gasteiger partial charge in [-0.3, -0.25) is 4.98 Å². The molecule has 0 saturated carbocycles. The summed E-state index contributed by atoms with van der Waals surface area (Å²) in [6.45, 7) is 11.6. The number of rotatable bonds is 2. The number of hydrogen-bond donors (Lipinski definition) is 0. The number of hydrogen-bond acceptors (Lipinski definition) is 4. The summed E-state index contributed by atoms with van der Waals surface area (Å²) in [6.07, 6.45) is 2.09. The third-order valence-corrected chi connectivity index (χ3v) is 5.17. The lowest BCUT2D eigenvalue weighted by molar-refractivity contribution is 0.00578. The Kier molecular flexibility index (Phi) is 3.11. The average molecular weight is 305 g/mol. The first-order chi connectivity index (χ1) is 11.5. The highest BCUT2D eigenvalue weighted by molar-refractivity contribution is 6.61. The molecule has 1 aromatic rings. The van der Waals surface area contributed by atoms with E-state index >= 15 is 0 Å². The van der Waals surface area contributed by atoms with Crippen LogP contribution in [0.2, 0.25) is 0 Å². The van der Waals surface area contributed by atoms with Gasteiger partial charge in [0.1, 0.15) is 0 Å². The maximum atomic E-state index is 8.42. The summed E-state index contributed by atoms with van der Waals surface area (Å²) in [7, 11) is -0.818. The standard InChI is InChI=1S/C17H27BN2O2/c1-13-8-10-20(11-9-13)14-6-7-15(19-12-14)18-21-16(2,3)17(4,5)22-18/h6-7,12-13H,8-11H2,1-5H3/i6D,7D,12D. The van der Waals surface area contributed by atoms with Crippen molar-refractivity contribution in [3.8, 4) is 0 Å². The van der Waals surface area contributed by atoms with Crippen LogP contribution < -0.4 is 10.5 Å². The minimum absolute atomic E-state index is 0.0110. The second-order valence-corrected chi connectivity index (χ2v) is 7.47. The molecule has 5 heteroatoms. The van der Waals surface area contributed by atoms with Gasteiger partial charge >= 0.3 is 7.12 Å². The Morgan fingerprint density at radius 3 is 2.36 bits per heavy atom. The molecule has 0 spiro atoms. The van der Waals surface area contributed by atoms with Crippen molar-refractivity contribution in [3.05, 3.63) is 18.3 Å². The third-order valence-electron chi connectivity index (χ3n) is 5.17. The number of pyridine rings is 1. The molecular formula is C17H27BN2O2. The molecule has 2 saturated heterocycles. The van der Waals surface area contributed by atoms with E-state index in [0.29, 0.717) is 11.6 Å². The first kappa shape index (κ1) is 12.4. The fourth-order valence-electron chi connectivity index (χ4n) is 2.74. The third kappa shape index (κ3) is 2.89. The predicted molar refractivity (Wildman–Crippen MR) is 90.6 cm³/mol. The summed E-state index contributed by atoms with van der Waals surface area (Å²) < 4.78 is 37.1. The van der Waals surface area contributed by atoms with Crippen molar-refractivity contribution in [2.75, 3.05) is 18.0 Å². The summed E-state index contributed by atoms with van der Waals surface area (Å²) in [5, 5.41) is 0. The van der Waals surface area contributed by atoms with Gasteiger partial charge in [-0.15, -0.1) is 0 Å². The van der Waals surface area contributed by atoms with E-state index < -0.39 is 18.3 Å². The fraction of sp³-hybridized carbons (Fsp3) is 0.706. The molecule has 0 amide bonds. The molecule has 0 aromatic carbocycles. The lowest BCUT2D eigenvalue weighted by atomic mass is 9.84. The van der Waals surface area contributed by atoms with E-state index in [1.807, 2.05) is 32.6 Å². The van der Waals surface area contributed by atoms with Crippen LogP contribution in [-0.2, 0) is 9.31 Å². The summed E-state index contributed by atoms with van der Waals surface area (Å²) in [5.74, 6) is 0.659. The van der Waals surface area contributed by atoms with Crippen LogP contribution in [0.3, 0.4) is 0 Å². The Morgan fingerprint density at radius 2 is 1.77 bits per heavy atom. The van der Waals surface area contributed by atoms with Crippen molar-refractivity contribution >= 4 is 18.4 Å². The summed E-state index contributed by atoms with van der Waals surface area (Å²) in [6, 6.07) is 0.0300. The molecule has 0 radical (unpaired) electrons. The van der Waals surface area contributed by atoms with Crippen LogP contribution in [0.1, 0.15) is 51.6 Å². The fourth-order valence-corrected chi connectivity index (χ4v) is 2.74. The van der Waals surface area contributed by atoms with Gasteiger partial charge in [0.05, 0.1) is 26.6 Å². The van der Waals surface area contributed by atoms with Crippen LogP contribution in [0.4, 0.5) is 5.69 Å². The van der Waals surface area contributed by atoms with E-state index in [-0.39, 0.29) is 23.9 Å². The maximum absolute atomic E-state index is 8.42. The topological polar surface area (TPSA) is 34.6 Å². The number of anilines is 1. The Labute approximate surface area is 138 Å². The zero-order chi connectivity index (χ0) is 18.6. The zero-order valence-electron chi connectivity index (χ0n) is 17.2. The molecular weight excluding hydrogens is 275 g/mol. The summed E-state index contributed by atoms with van der Waals surface area (Å²) in [5.41, 5.74) is -0.407. The van der Waals surface area contributed by atoms with E-state index in [0.717, 1.165) is 25.9 Å². The van der Waals surface area contributed by atoms with Crippen molar-refractivity contribution in [3.63, 3.8) is 0 Å². The van der Waals surface area contributed by atoms with Gasteiger partial charge in [0, 0.05) is 19.3 Å². The van der Waals surface area contributed by atoms with E-state index in [4.69, 9.17) is 13.4 Å². The van der Waals surface area contributed by atoms with Gasteiger partial charge in [-0.1, -0.05) is 6.92 Å². The van der Waals surface area contributed by atoms with Gasteiger partial charge in [0.15, 0.2) is 0 Å². The van der Waals surface area contributed by atoms with Crippen molar-refractivity contribution in [1.29, 1.82) is 0 Å². The maximum Gasteiger partial charge on any atom is 0.514 e. The lowest BCUT2D eigenvalue weighted by Crippen LogP contribution is -2.41. The van der Waals surface area contributed by atoms with Gasteiger partial charge in [0.2, 0.25) is 0 Å². The van der Waals surface area contributed by atoms with Gasteiger partial charge in [0.25, 0.3) is 0 Å². The van der Waals surface area contributed by atoms with E-state index in [2.05, 4.69) is 11.9 Å². The zero-order valence-corrected chi connectivity index (χ0v) is 14.2. The van der Waals surface area contributed by atoms with Crippen LogP contribution in [-0.4, -0.2) is 36.4 Å². The predicted octanol–water partition coefficient (Wildman–Crippen LogP) is 2.62. The van der Waals surface area contributed by atoms with Gasteiger partial charge < -0.3 is 14.2 Å². The quantitative estimate of drug-likeness (QED) is 0.787. The average Bonchev–Trinajstić information content (AvgIpc) is 2.73. The highest BCUT2D eigenvalue weighted by atomic mass is 16.7. The monoisotopic (exact) mass is 305 g/mol. The molecule has 3 heterocycles. The minimum Gasteiger partial charge on any atom is -0.398 e. The van der Waals surface area contributed by atoms with Gasteiger partial charge in [-0.25, -0.2) is 0 Å². The molecule has 0 N–H and O–H groups in total. The number of piperidine rings is 1. The van der Waals surface area contributed by atoms with Crippen LogP contribution in [0.25, 0.3) is 0 Å². The van der Waals surface area contributed by atoms with Crippen LogP contribution in [0.5, 0.6) is 0 Å². The summed E-state index contributed by atoms with van der Waals surface area (Å²) >= 11 is 0. The molecule has 4 nitrogen and oxygen atoms in total. The number of aromatic nitrogens is 1. The molecule has 0 atom stereocenters. The highest BCUT2D eigenvalue weighted by Gasteiger charge is 2.52. The van der Waals surface area contributed by atoms with Crippen LogP contribution in [0.15, 0.2) is 18.3 Å². The lowest BCUT2D eigenvalue weighted by Gasteiger charge is -2.32. The molecule has 0 unspecified atom stereocenters. The SMILES string of the molecule is [2H]c1nc(B2OC(C)(C)C(C)(C)O2)c([2H])c([2H])c1N1CCC(C)CC1. The Hall–Kier alpha value is -1.07. The van der Waals surface area contributed by atoms with E-state index in [1.165, 1.54) is 0 Å². The van der Waals surface area contributed by atoms with Gasteiger partial charge in [-0.05, 0) is 58.5 Å². The minimum atomic E-state index is -0.818. The Balaban J connectivity index is 1.94. The molecule has 2 fully saturated rings. The van der Waals surface area contributed by atoms with Crippen molar-refractivity contribution in [2.24, 2.45) is 5.92 Å². The smallest absolute Gasteiger partial charge is 0.398 e. The molecule has 2 aliphatic rings. The molecule has 120 valence electrons. The molecule has 3 rings (SSSR count). The Morgan fingerprint density at radius 1 is 1.18 bits per heavy atom. The first-order valence-electron chi connectivity index (χ1n) is 9.62. The van der Waals surface area contributed by atoms with Crippen LogP contribution >= 0.6 is 0 Å². The molecule has 0 aliphatic carbocycles. The molecule has 0 bridgehead atoms. The second kappa shape index (κ2) is 5.53. The molecule has 2 aliphatic heterocycles. The first-order valence-corrected chi connectivity index (χ1v) is 8.12. The molecule has 22 heavy (non-hydrogen) atoms. The van der Waals surface area contributed by atoms with Crippen molar-refractivity contribution < 1.29 is 13.4 Å². The van der Waals surface area contributed by atoms with E-state index in [9.17, 15) is 0 Å². The Bertz CT molecular complexity index is 660.